The molecule has 0 saturated heterocycles. The van der Waals surface area contributed by atoms with Crippen molar-refractivity contribution >= 4 is 32.7 Å². The number of nitrogens with one attached hydrogen (secondary N) is 1. The molecule has 1 heterocycles. The van der Waals surface area contributed by atoms with E-state index in [0.717, 1.165) is 21.2 Å². The number of nitrogens with zero attached hydrogens (tertiary/aromatic N) is 2. The zero-order chi connectivity index (χ0) is 20.5. The average molecular weight is 448 g/mol. The number of hydrogen-bond acceptors (Lipinski definition) is 3. The summed E-state index contributed by atoms with van der Waals surface area (Å²) in [5.74, 6) is 0.00373. The minimum absolute atomic E-state index is 0.328. The maximum absolute atomic E-state index is 13.2. The molecule has 4 rings (SSSR count). The second-order valence-electron chi connectivity index (χ2n) is 6.84. The summed E-state index contributed by atoms with van der Waals surface area (Å²) in [6.07, 6.45) is 0. The van der Waals surface area contributed by atoms with Gasteiger partial charge in [0.25, 0.3) is 11.5 Å². The molecule has 3 aromatic carbocycles. The molecule has 29 heavy (non-hydrogen) atoms. The van der Waals surface area contributed by atoms with Crippen molar-refractivity contribution in [2.75, 3.05) is 5.43 Å². The summed E-state index contributed by atoms with van der Waals surface area (Å²) >= 11 is 3.42. The number of benzene rings is 3. The van der Waals surface area contributed by atoms with Crippen LogP contribution in [0.15, 0.2) is 76.0 Å². The van der Waals surface area contributed by atoms with Crippen molar-refractivity contribution in [3.8, 4) is 11.4 Å². The van der Waals surface area contributed by atoms with Gasteiger partial charge in [-0.15, -0.1) is 0 Å². The number of para-hydroxylation sites is 1. The fraction of sp³-hybridized carbons (Fsp3) is 0.0870. The molecule has 1 N–H and O–H groups in total. The molecule has 4 aromatic rings. The van der Waals surface area contributed by atoms with Crippen LogP contribution in [0.4, 0.5) is 0 Å². The molecular formula is C23H18BrN3O2. The van der Waals surface area contributed by atoms with Gasteiger partial charge in [-0.2, -0.15) is 4.68 Å². The van der Waals surface area contributed by atoms with Gasteiger partial charge in [0.2, 0.25) is 0 Å². The van der Waals surface area contributed by atoms with Gasteiger partial charge in [-0.3, -0.25) is 15.0 Å². The normalized spacial score (nSPS) is 10.9. The van der Waals surface area contributed by atoms with Gasteiger partial charge in [0, 0.05) is 15.6 Å². The zero-order valence-electron chi connectivity index (χ0n) is 15.9. The molecule has 0 aliphatic carbocycles. The van der Waals surface area contributed by atoms with Crippen LogP contribution in [0.3, 0.4) is 0 Å². The van der Waals surface area contributed by atoms with Gasteiger partial charge in [-0.05, 0) is 61.4 Å². The van der Waals surface area contributed by atoms with Gasteiger partial charge < -0.3 is 0 Å². The van der Waals surface area contributed by atoms with Crippen LogP contribution in [0, 0.1) is 13.8 Å². The third kappa shape index (κ3) is 3.71. The maximum atomic E-state index is 13.2. The number of amides is 1. The standard InChI is InChI=1S/C23H18BrN3O2/c1-14-7-8-17(13-15(14)2)22(28)26-27-21(16-9-11-18(24)12-10-16)25-20-6-4-3-5-19(20)23(27)29/h3-13H,1-2H3,(H,26,28). The van der Waals surface area contributed by atoms with Crippen molar-refractivity contribution in [3.63, 3.8) is 0 Å². The van der Waals surface area contributed by atoms with Gasteiger partial charge in [0.15, 0.2) is 5.82 Å². The number of hydrogen-bond donors (Lipinski definition) is 1. The number of carbonyl (C=O) groups is 1. The van der Waals surface area contributed by atoms with E-state index < -0.39 is 0 Å². The molecule has 0 aliphatic rings. The lowest BCUT2D eigenvalue weighted by atomic mass is 10.1. The molecule has 5 nitrogen and oxygen atoms in total. The predicted molar refractivity (Wildman–Crippen MR) is 119 cm³/mol. The number of aromatic nitrogens is 2. The average Bonchev–Trinajstić information content (AvgIpc) is 2.72. The molecule has 0 bridgehead atoms. The number of aryl methyl sites for hydroxylation is 2. The van der Waals surface area contributed by atoms with E-state index in [4.69, 9.17) is 0 Å². The van der Waals surface area contributed by atoms with Crippen molar-refractivity contribution in [3.05, 3.63) is 98.2 Å². The monoisotopic (exact) mass is 447 g/mol. The molecule has 0 aliphatic heterocycles. The number of fused-ring (bicyclic) bond motifs is 1. The Bertz CT molecular complexity index is 1290. The Morgan fingerprint density at radius 3 is 2.41 bits per heavy atom. The van der Waals surface area contributed by atoms with Gasteiger partial charge in [0.05, 0.1) is 10.9 Å². The van der Waals surface area contributed by atoms with Gasteiger partial charge >= 0.3 is 0 Å². The third-order valence-corrected chi connectivity index (χ3v) is 5.39. The second kappa shape index (κ2) is 7.64. The Morgan fingerprint density at radius 2 is 1.69 bits per heavy atom. The molecule has 144 valence electrons. The zero-order valence-corrected chi connectivity index (χ0v) is 17.5. The molecule has 0 spiro atoms. The molecule has 0 saturated carbocycles. The first kappa shape index (κ1) is 19.1. The van der Waals surface area contributed by atoms with Crippen molar-refractivity contribution in [2.45, 2.75) is 13.8 Å². The predicted octanol–water partition coefficient (Wildman–Crippen LogP) is 4.83. The van der Waals surface area contributed by atoms with Crippen LogP contribution < -0.4 is 11.0 Å². The molecule has 1 amide bonds. The van der Waals surface area contributed by atoms with Gasteiger partial charge in [-0.1, -0.05) is 46.3 Å². The number of carbonyl (C=O) groups excluding carboxylic acids is 1. The van der Waals surface area contributed by atoms with Crippen LogP contribution in [0.1, 0.15) is 21.5 Å². The fourth-order valence-electron chi connectivity index (χ4n) is 3.08. The van der Waals surface area contributed by atoms with Crippen LogP contribution in [0.2, 0.25) is 0 Å². The van der Waals surface area contributed by atoms with Crippen LogP contribution in [-0.2, 0) is 0 Å². The molecule has 0 unspecified atom stereocenters. The Morgan fingerprint density at radius 1 is 0.966 bits per heavy atom. The van der Waals surface area contributed by atoms with E-state index in [2.05, 4.69) is 26.3 Å². The fourth-order valence-corrected chi connectivity index (χ4v) is 3.34. The Hall–Kier alpha value is -3.25. The summed E-state index contributed by atoms with van der Waals surface area (Å²) in [6.45, 7) is 3.93. The van der Waals surface area contributed by atoms with E-state index in [1.165, 1.54) is 4.68 Å². The summed E-state index contributed by atoms with van der Waals surface area (Å²) in [5, 5.41) is 0.439. The van der Waals surface area contributed by atoms with E-state index >= 15 is 0 Å². The van der Waals surface area contributed by atoms with E-state index in [-0.39, 0.29) is 11.5 Å². The topological polar surface area (TPSA) is 64.0 Å². The second-order valence-corrected chi connectivity index (χ2v) is 7.76. The SMILES string of the molecule is Cc1ccc(C(=O)Nn2c(-c3ccc(Br)cc3)nc3ccccc3c2=O)cc1C. The Balaban J connectivity index is 1.87. The van der Waals surface area contributed by atoms with Crippen LogP contribution in [0.5, 0.6) is 0 Å². The minimum Gasteiger partial charge on any atom is -0.267 e. The summed E-state index contributed by atoms with van der Waals surface area (Å²) in [7, 11) is 0. The molecule has 0 atom stereocenters. The highest BCUT2D eigenvalue weighted by molar-refractivity contribution is 9.10. The lowest BCUT2D eigenvalue weighted by Gasteiger charge is -2.15. The maximum Gasteiger partial charge on any atom is 0.280 e. The third-order valence-electron chi connectivity index (χ3n) is 4.86. The van der Waals surface area contributed by atoms with Crippen molar-refractivity contribution < 1.29 is 4.79 Å². The van der Waals surface area contributed by atoms with Crippen LogP contribution in [-0.4, -0.2) is 15.6 Å². The van der Waals surface area contributed by atoms with Gasteiger partial charge in [-0.25, -0.2) is 4.98 Å². The Kier molecular flexibility index (Phi) is 5.03. The highest BCUT2D eigenvalue weighted by Crippen LogP contribution is 2.21. The summed E-state index contributed by atoms with van der Waals surface area (Å²) in [5.41, 5.74) is 6.29. The highest BCUT2D eigenvalue weighted by atomic mass is 79.9. The quantitative estimate of drug-likeness (QED) is 0.489. The molecule has 6 heteroatoms. The largest absolute Gasteiger partial charge is 0.280 e. The molecular weight excluding hydrogens is 430 g/mol. The minimum atomic E-state index is -0.370. The van der Waals surface area contributed by atoms with Crippen LogP contribution >= 0.6 is 15.9 Å². The Labute approximate surface area is 176 Å². The number of rotatable bonds is 3. The lowest BCUT2D eigenvalue weighted by Crippen LogP contribution is -2.35. The van der Waals surface area contributed by atoms with Crippen molar-refractivity contribution in [1.82, 2.24) is 9.66 Å². The summed E-state index contributed by atoms with van der Waals surface area (Å²) in [4.78, 5) is 30.7. The van der Waals surface area contributed by atoms with Crippen LogP contribution in [0.25, 0.3) is 22.3 Å². The molecule has 0 fully saturated rings. The first-order valence-electron chi connectivity index (χ1n) is 9.10. The van der Waals surface area contributed by atoms with E-state index in [0.29, 0.717) is 22.3 Å². The summed E-state index contributed by atoms with van der Waals surface area (Å²) < 4.78 is 2.14. The molecule has 0 radical (unpaired) electrons. The van der Waals surface area contributed by atoms with E-state index in [1.54, 1.807) is 24.3 Å². The summed E-state index contributed by atoms with van der Waals surface area (Å²) in [6, 6.07) is 20.0. The molecule has 1 aromatic heterocycles. The van der Waals surface area contributed by atoms with E-state index in [9.17, 15) is 9.59 Å². The number of halogens is 1. The van der Waals surface area contributed by atoms with E-state index in [1.807, 2.05) is 56.3 Å². The lowest BCUT2D eigenvalue weighted by molar-refractivity contribution is 0.101. The van der Waals surface area contributed by atoms with Gasteiger partial charge in [0.1, 0.15) is 0 Å². The first-order chi connectivity index (χ1) is 13.9. The smallest absolute Gasteiger partial charge is 0.267 e. The van der Waals surface area contributed by atoms with Crippen molar-refractivity contribution in [2.24, 2.45) is 0 Å². The first-order valence-corrected chi connectivity index (χ1v) is 9.90. The highest BCUT2D eigenvalue weighted by Gasteiger charge is 2.16. The van der Waals surface area contributed by atoms with Crippen molar-refractivity contribution in [1.29, 1.82) is 0 Å².